The van der Waals surface area contributed by atoms with Crippen molar-refractivity contribution >= 4 is 0 Å². The van der Waals surface area contributed by atoms with Gasteiger partial charge in [0.1, 0.15) is 12.0 Å². The van der Waals surface area contributed by atoms with Crippen molar-refractivity contribution in [3.8, 4) is 5.75 Å². The summed E-state index contributed by atoms with van der Waals surface area (Å²) in [5.74, 6) is 0.850. The van der Waals surface area contributed by atoms with Crippen LogP contribution in [-0.4, -0.2) is 18.4 Å². The van der Waals surface area contributed by atoms with E-state index in [1.165, 1.54) is 0 Å². The highest BCUT2D eigenvalue weighted by Crippen LogP contribution is 2.16. The summed E-state index contributed by atoms with van der Waals surface area (Å²) < 4.78 is 5.19. The minimum atomic E-state index is -0.445. The van der Waals surface area contributed by atoms with Gasteiger partial charge >= 0.3 is 0 Å². The summed E-state index contributed by atoms with van der Waals surface area (Å²) in [5.41, 5.74) is 1.06. The summed E-state index contributed by atoms with van der Waals surface area (Å²) in [6.45, 7) is 2.55. The Labute approximate surface area is 84.7 Å². The van der Waals surface area contributed by atoms with Crippen molar-refractivity contribution in [2.45, 2.75) is 26.1 Å². The highest BCUT2D eigenvalue weighted by atomic mass is 16.5. The van der Waals surface area contributed by atoms with Gasteiger partial charge in [0.25, 0.3) is 0 Å². The molecule has 0 bridgehead atoms. The van der Waals surface area contributed by atoms with E-state index < -0.39 is 6.23 Å². The summed E-state index contributed by atoms with van der Waals surface area (Å²) in [7, 11) is 1.65. The maximum atomic E-state index is 9.33. The second-order valence-electron chi connectivity index (χ2n) is 3.12. The smallest absolute Gasteiger partial charge is 0.123 e. The number of aliphatic hydroxyl groups excluding tert-OH is 1. The average Bonchev–Trinajstić information content (AvgIpc) is 2.26. The Kier molecular flexibility index (Phi) is 4.43. The van der Waals surface area contributed by atoms with Gasteiger partial charge in [-0.25, -0.2) is 0 Å². The first kappa shape index (κ1) is 11.0. The van der Waals surface area contributed by atoms with Crippen LogP contribution in [0.2, 0.25) is 0 Å². The molecular formula is C11H17NO2. The topological polar surface area (TPSA) is 41.5 Å². The molecule has 1 aromatic carbocycles. The predicted molar refractivity (Wildman–Crippen MR) is 56.1 cm³/mol. The van der Waals surface area contributed by atoms with E-state index >= 15 is 0 Å². The highest BCUT2D eigenvalue weighted by Gasteiger charge is 2.03. The van der Waals surface area contributed by atoms with Crippen molar-refractivity contribution in [1.82, 2.24) is 5.32 Å². The van der Waals surface area contributed by atoms with E-state index in [1.807, 2.05) is 31.2 Å². The Morgan fingerprint density at radius 3 is 2.79 bits per heavy atom. The van der Waals surface area contributed by atoms with Crippen LogP contribution in [0.5, 0.6) is 5.75 Å². The second-order valence-corrected chi connectivity index (χ2v) is 3.12. The Hall–Kier alpha value is -1.06. The average molecular weight is 195 g/mol. The first-order valence-electron chi connectivity index (χ1n) is 4.81. The lowest BCUT2D eigenvalue weighted by Gasteiger charge is -2.12. The van der Waals surface area contributed by atoms with Crippen molar-refractivity contribution in [2.75, 3.05) is 7.11 Å². The van der Waals surface area contributed by atoms with E-state index in [2.05, 4.69) is 5.32 Å². The molecule has 3 heteroatoms. The Morgan fingerprint density at radius 1 is 1.43 bits per heavy atom. The summed E-state index contributed by atoms with van der Waals surface area (Å²) in [4.78, 5) is 0. The van der Waals surface area contributed by atoms with Crippen molar-refractivity contribution in [3.63, 3.8) is 0 Å². The fourth-order valence-electron chi connectivity index (χ4n) is 1.22. The van der Waals surface area contributed by atoms with E-state index in [9.17, 15) is 5.11 Å². The Balaban J connectivity index is 2.57. The van der Waals surface area contributed by atoms with Crippen LogP contribution in [0.4, 0.5) is 0 Å². The summed E-state index contributed by atoms with van der Waals surface area (Å²) in [6.07, 6.45) is 0.259. The van der Waals surface area contributed by atoms with Gasteiger partial charge < -0.3 is 9.84 Å². The van der Waals surface area contributed by atoms with Gasteiger partial charge in [-0.3, -0.25) is 5.32 Å². The van der Waals surface area contributed by atoms with E-state index in [0.717, 1.165) is 11.3 Å². The molecule has 0 radical (unpaired) electrons. The van der Waals surface area contributed by atoms with Gasteiger partial charge in [0.05, 0.1) is 7.11 Å². The maximum absolute atomic E-state index is 9.33. The molecule has 1 aromatic rings. The fraction of sp³-hybridized carbons (Fsp3) is 0.455. The van der Waals surface area contributed by atoms with E-state index in [0.29, 0.717) is 13.0 Å². The molecule has 0 aliphatic carbocycles. The number of benzene rings is 1. The Morgan fingerprint density at radius 2 is 2.14 bits per heavy atom. The lowest BCUT2D eigenvalue weighted by Crippen LogP contribution is -2.27. The molecule has 0 aromatic heterocycles. The van der Waals surface area contributed by atoms with Crippen molar-refractivity contribution < 1.29 is 9.84 Å². The standard InChI is InChI=1S/C11H17NO2/c1-3-11(13)12-8-9-6-4-5-7-10(9)14-2/h4-7,11-13H,3,8H2,1-2H3. The molecule has 3 nitrogen and oxygen atoms in total. The van der Waals surface area contributed by atoms with Gasteiger partial charge in [0.15, 0.2) is 0 Å². The molecule has 0 amide bonds. The normalized spacial score (nSPS) is 12.5. The molecule has 2 N–H and O–H groups in total. The molecule has 0 fully saturated rings. The SMILES string of the molecule is CCC(O)NCc1ccccc1OC. The van der Waals surface area contributed by atoms with Crippen molar-refractivity contribution in [3.05, 3.63) is 29.8 Å². The lowest BCUT2D eigenvalue weighted by atomic mass is 10.2. The van der Waals surface area contributed by atoms with Gasteiger partial charge in [-0.15, -0.1) is 0 Å². The number of hydrogen-bond donors (Lipinski definition) is 2. The molecule has 0 saturated heterocycles. The fourth-order valence-corrected chi connectivity index (χ4v) is 1.22. The number of rotatable bonds is 5. The quantitative estimate of drug-likeness (QED) is 0.700. The van der Waals surface area contributed by atoms with Crippen LogP contribution in [-0.2, 0) is 6.54 Å². The molecule has 0 aliphatic heterocycles. The van der Waals surface area contributed by atoms with Crippen LogP contribution >= 0.6 is 0 Å². The highest BCUT2D eigenvalue weighted by molar-refractivity contribution is 5.32. The number of hydrogen-bond acceptors (Lipinski definition) is 3. The van der Waals surface area contributed by atoms with Crippen LogP contribution in [0, 0.1) is 0 Å². The summed E-state index contributed by atoms with van der Waals surface area (Å²) in [6, 6.07) is 7.78. The zero-order valence-corrected chi connectivity index (χ0v) is 8.66. The van der Waals surface area contributed by atoms with Gasteiger partial charge in [-0.1, -0.05) is 25.1 Å². The van der Waals surface area contributed by atoms with Gasteiger partial charge in [0.2, 0.25) is 0 Å². The molecule has 0 spiro atoms. The zero-order chi connectivity index (χ0) is 10.4. The van der Waals surface area contributed by atoms with Gasteiger partial charge in [-0.2, -0.15) is 0 Å². The molecule has 0 saturated carbocycles. The molecule has 78 valence electrons. The molecule has 1 atom stereocenters. The first-order chi connectivity index (χ1) is 6.77. The Bertz CT molecular complexity index is 276. The zero-order valence-electron chi connectivity index (χ0n) is 8.66. The van der Waals surface area contributed by atoms with Gasteiger partial charge in [0, 0.05) is 12.1 Å². The third-order valence-corrected chi connectivity index (χ3v) is 2.11. The first-order valence-corrected chi connectivity index (χ1v) is 4.81. The molecule has 0 heterocycles. The van der Waals surface area contributed by atoms with Crippen molar-refractivity contribution in [1.29, 1.82) is 0 Å². The minimum Gasteiger partial charge on any atom is -0.496 e. The second kappa shape index (κ2) is 5.62. The van der Waals surface area contributed by atoms with Crippen molar-refractivity contribution in [2.24, 2.45) is 0 Å². The molecule has 14 heavy (non-hydrogen) atoms. The number of para-hydroxylation sites is 1. The van der Waals surface area contributed by atoms with E-state index in [-0.39, 0.29) is 0 Å². The maximum Gasteiger partial charge on any atom is 0.123 e. The van der Waals surface area contributed by atoms with Crippen LogP contribution < -0.4 is 10.1 Å². The summed E-state index contributed by atoms with van der Waals surface area (Å²) in [5, 5.41) is 12.3. The lowest BCUT2D eigenvalue weighted by molar-refractivity contribution is 0.131. The molecule has 1 rings (SSSR count). The third kappa shape index (κ3) is 3.01. The van der Waals surface area contributed by atoms with Crippen LogP contribution in [0.3, 0.4) is 0 Å². The summed E-state index contributed by atoms with van der Waals surface area (Å²) >= 11 is 0. The molecule has 0 aliphatic rings. The van der Waals surface area contributed by atoms with Crippen LogP contribution in [0.1, 0.15) is 18.9 Å². The minimum absolute atomic E-state index is 0.445. The molecular weight excluding hydrogens is 178 g/mol. The van der Waals surface area contributed by atoms with Crippen LogP contribution in [0.15, 0.2) is 24.3 Å². The molecule has 1 unspecified atom stereocenters. The number of aliphatic hydroxyl groups is 1. The number of methoxy groups -OCH3 is 1. The van der Waals surface area contributed by atoms with Crippen LogP contribution in [0.25, 0.3) is 0 Å². The monoisotopic (exact) mass is 195 g/mol. The number of ether oxygens (including phenoxy) is 1. The predicted octanol–water partition coefficient (Wildman–Crippen LogP) is 1.51. The van der Waals surface area contributed by atoms with Gasteiger partial charge in [-0.05, 0) is 12.5 Å². The van der Waals surface area contributed by atoms with E-state index in [1.54, 1.807) is 7.11 Å². The van der Waals surface area contributed by atoms with E-state index in [4.69, 9.17) is 4.74 Å². The third-order valence-electron chi connectivity index (χ3n) is 2.11. The largest absolute Gasteiger partial charge is 0.496 e. The number of nitrogens with one attached hydrogen (secondary N) is 1.